The number of aromatic nitrogens is 1. The van der Waals surface area contributed by atoms with Gasteiger partial charge in [-0.2, -0.15) is 0 Å². The minimum absolute atomic E-state index is 0.232. The molecule has 0 unspecified atom stereocenters. The first-order chi connectivity index (χ1) is 10.3. The van der Waals surface area contributed by atoms with Crippen LogP contribution in [0, 0.1) is 0 Å². The monoisotopic (exact) mass is 305 g/mol. The molecule has 22 heavy (non-hydrogen) atoms. The Bertz CT molecular complexity index is 484. The number of likely N-dealkylation sites (N-methyl/N-ethyl adjacent to an activating group) is 1. The summed E-state index contributed by atoms with van der Waals surface area (Å²) in [6, 6.07) is 6.25. The molecule has 5 nitrogen and oxygen atoms in total. The molecule has 1 atom stereocenters. The largest absolute Gasteiger partial charge is 0.444 e. The summed E-state index contributed by atoms with van der Waals surface area (Å²) in [6.07, 6.45) is 3.55. The highest BCUT2D eigenvalue weighted by molar-refractivity contribution is 5.68. The molecule has 1 aliphatic rings. The highest BCUT2D eigenvalue weighted by atomic mass is 16.6. The van der Waals surface area contributed by atoms with Crippen LogP contribution >= 0.6 is 0 Å². The molecule has 0 spiro atoms. The van der Waals surface area contributed by atoms with Gasteiger partial charge >= 0.3 is 6.09 Å². The summed E-state index contributed by atoms with van der Waals surface area (Å²) in [6.45, 7) is 8.59. The molecule has 1 amide bonds. The Kier molecular flexibility index (Phi) is 5.40. The van der Waals surface area contributed by atoms with Gasteiger partial charge in [-0.25, -0.2) is 4.79 Å². The van der Waals surface area contributed by atoms with Gasteiger partial charge in [0.2, 0.25) is 0 Å². The molecule has 0 bridgehead atoms. The first kappa shape index (κ1) is 16.7. The second-order valence-electron chi connectivity index (χ2n) is 6.91. The molecule has 1 fully saturated rings. The molecule has 1 aromatic heterocycles. The van der Waals surface area contributed by atoms with E-state index in [9.17, 15) is 4.79 Å². The summed E-state index contributed by atoms with van der Waals surface area (Å²) in [4.78, 5) is 20.6. The van der Waals surface area contributed by atoms with Gasteiger partial charge in [-0.05, 0) is 39.3 Å². The molecule has 2 rings (SSSR count). The molecular formula is C17H27N3O2. The van der Waals surface area contributed by atoms with Crippen LogP contribution in [0.2, 0.25) is 0 Å². The van der Waals surface area contributed by atoms with Crippen molar-refractivity contribution >= 4 is 6.09 Å². The number of amides is 1. The van der Waals surface area contributed by atoms with Crippen LogP contribution in [-0.4, -0.2) is 59.2 Å². The van der Waals surface area contributed by atoms with Crippen molar-refractivity contribution in [1.29, 1.82) is 0 Å². The lowest BCUT2D eigenvalue weighted by Crippen LogP contribution is -2.42. The van der Waals surface area contributed by atoms with E-state index in [0.717, 1.165) is 38.2 Å². The van der Waals surface area contributed by atoms with Gasteiger partial charge in [0.25, 0.3) is 0 Å². The second kappa shape index (κ2) is 7.09. The topological polar surface area (TPSA) is 45.7 Å². The first-order valence-electron chi connectivity index (χ1n) is 7.93. The van der Waals surface area contributed by atoms with Gasteiger partial charge in [0, 0.05) is 51.0 Å². The maximum Gasteiger partial charge on any atom is 0.410 e. The predicted molar refractivity (Wildman–Crippen MR) is 86.8 cm³/mol. The highest BCUT2D eigenvalue weighted by Gasteiger charge is 2.30. The Hall–Kier alpha value is -1.62. The van der Waals surface area contributed by atoms with Crippen molar-refractivity contribution in [3.05, 3.63) is 30.1 Å². The van der Waals surface area contributed by atoms with Crippen LogP contribution in [0.3, 0.4) is 0 Å². The quantitative estimate of drug-likeness (QED) is 0.857. The molecule has 1 aromatic rings. The van der Waals surface area contributed by atoms with E-state index in [1.807, 2.05) is 46.1 Å². The van der Waals surface area contributed by atoms with Gasteiger partial charge in [0.05, 0.1) is 0 Å². The highest BCUT2D eigenvalue weighted by Crippen LogP contribution is 2.17. The van der Waals surface area contributed by atoms with Gasteiger partial charge in [-0.3, -0.25) is 4.98 Å². The molecular weight excluding hydrogens is 278 g/mol. The van der Waals surface area contributed by atoms with Crippen molar-refractivity contribution < 1.29 is 9.53 Å². The summed E-state index contributed by atoms with van der Waals surface area (Å²) >= 11 is 0. The van der Waals surface area contributed by atoms with Gasteiger partial charge in [0.1, 0.15) is 5.60 Å². The van der Waals surface area contributed by atoms with Crippen LogP contribution < -0.4 is 0 Å². The van der Waals surface area contributed by atoms with Crippen LogP contribution in [0.25, 0.3) is 0 Å². The summed E-state index contributed by atoms with van der Waals surface area (Å²) in [7, 11) is 1.83. The molecule has 0 saturated carbocycles. The molecule has 0 N–H and O–H groups in total. The third-order valence-corrected chi connectivity index (χ3v) is 3.89. The first-order valence-corrected chi connectivity index (χ1v) is 7.93. The minimum Gasteiger partial charge on any atom is -0.444 e. The summed E-state index contributed by atoms with van der Waals surface area (Å²) < 4.78 is 5.43. The van der Waals surface area contributed by atoms with Crippen molar-refractivity contribution in [3.63, 3.8) is 0 Å². The van der Waals surface area contributed by atoms with E-state index < -0.39 is 5.60 Å². The number of carbonyl (C=O) groups excluding carboxylic acids is 1. The van der Waals surface area contributed by atoms with Gasteiger partial charge in [-0.1, -0.05) is 6.07 Å². The molecule has 1 saturated heterocycles. The maximum atomic E-state index is 12.1. The van der Waals surface area contributed by atoms with Crippen molar-refractivity contribution in [1.82, 2.24) is 14.8 Å². The zero-order valence-corrected chi connectivity index (χ0v) is 14.1. The van der Waals surface area contributed by atoms with Crippen molar-refractivity contribution in [2.45, 2.75) is 45.3 Å². The van der Waals surface area contributed by atoms with Crippen LogP contribution in [0.1, 0.15) is 32.9 Å². The lowest BCUT2D eigenvalue weighted by Gasteiger charge is -2.28. The Morgan fingerprint density at radius 1 is 1.45 bits per heavy atom. The molecule has 0 aliphatic carbocycles. The van der Waals surface area contributed by atoms with Gasteiger partial charge < -0.3 is 14.5 Å². The predicted octanol–water partition coefficient (Wildman–Crippen LogP) is 2.57. The van der Waals surface area contributed by atoms with E-state index in [1.165, 1.54) is 0 Å². The SMILES string of the molecule is CN(C(=O)OC(C)(C)C)[C@@H]1CCN(CCc2ccccn2)C1. The van der Waals surface area contributed by atoms with E-state index in [1.54, 1.807) is 4.90 Å². The number of pyridine rings is 1. The smallest absolute Gasteiger partial charge is 0.410 e. The van der Waals surface area contributed by atoms with E-state index >= 15 is 0 Å². The van der Waals surface area contributed by atoms with Crippen LogP contribution in [0.5, 0.6) is 0 Å². The maximum absolute atomic E-state index is 12.1. The average Bonchev–Trinajstić information content (AvgIpc) is 2.92. The second-order valence-corrected chi connectivity index (χ2v) is 6.91. The molecule has 5 heteroatoms. The van der Waals surface area contributed by atoms with Crippen LogP contribution in [0.4, 0.5) is 4.79 Å². The molecule has 122 valence electrons. The molecule has 2 heterocycles. The number of hydrogen-bond donors (Lipinski definition) is 0. The van der Waals surface area contributed by atoms with Gasteiger partial charge in [0.15, 0.2) is 0 Å². The lowest BCUT2D eigenvalue weighted by atomic mass is 10.2. The molecule has 1 aliphatic heterocycles. The summed E-state index contributed by atoms with van der Waals surface area (Å²) in [5, 5.41) is 0. The standard InChI is InChI=1S/C17H27N3O2/c1-17(2,3)22-16(21)19(4)15-9-12-20(13-15)11-8-14-7-5-6-10-18-14/h5-7,10,15H,8-9,11-13H2,1-4H3/t15-/m1/s1. The van der Waals surface area contributed by atoms with Crippen LogP contribution in [-0.2, 0) is 11.2 Å². The van der Waals surface area contributed by atoms with Crippen LogP contribution in [0.15, 0.2) is 24.4 Å². The fourth-order valence-electron chi connectivity index (χ4n) is 2.63. The van der Waals surface area contributed by atoms with E-state index in [0.29, 0.717) is 0 Å². The Balaban J connectivity index is 1.78. The van der Waals surface area contributed by atoms with E-state index in [4.69, 9.17) is 4.74 Å². The third-order valence-electron chi connectivity index (χ3n) is 3.89. The lowest BCUT2D eigenvalue weighted by molar-refractivity contribution is 0.0228. The zero-order chi connectivity index (χ0) is 16.2. The Labute approximate surface area is 133 Å². The fraction of sp³-hybridized carbons (Fsp3) is 0.647. The van der Waals surface area contributed by atoms with Gasteiger partial charge in [-0.15, -0.1) is 0 Å². The van der Waals surface area contributed by atoms with Crippen molar-refractivity contribution in [2.24, 2.45) is 0 Å². The van der Waals surface area contributed by atoms with E-state index in [2.05, 4.69) is 16.0 Å². The Morgan fingerprint density at radius 2 is 2.23 bits per heavy atom. The van der Waals surface area contributed by atoms with E-state index in [-0.39, 0.29) is 12.1 Å². The summed E-state index contributed by atoms with van der Waals surface area (Å²) in [5.41, 5.74) is 0.675. The number of hydrogen-bond acceptors (Lipinski definition) is 4. The van der Waals surface area contributed by atoms with Crippen molar-refractivity contribution in [3.8, 4) is 0 Å². The van der Waals surface area contributed by atoms with Crippen molar-refractivity contribution in [2.75, 3.05) is 26.7 Å². The number of ether oxygens (including phenoxy) is 1. The molecule has 0 radical (unpaired) electrons. The normalized spacial score (nSPS) is 19.2. The fourth-order valence-corrected chi connectivity index (χ4v) is 2.63. The number of rotatable bonds is 4. The third kappa shape index (κ3) is 4.98. The average molecular weight is 305 g/mol. The number of carbonyl (C=O) groups is 1. The Morgan fingerprint density at radius 3 is 2.86 bits per heavy atom. The summed E-state index contributed by atoms with van der Waals surface area (Å²) in [5.74, 6) is 0. The zero-order valence-electron chi connectivity index (χ0n) is 14.1. The minimum atomic E-state index is -0.442. The number of likely N-dealkylation sites (tertiary alicyclic amines) is 1. The number of nitrogens with zero attached hydrogens (tertiary/aromatic N) is 3. The molecule has 0 aromatic carbocycles.